The third kappa shape index (κ3) is 6.49. The zero-order chi connectivity index (χ0) is 26.5. The van der Waals surface area contributed by atoms with Gasteiger partial charge in [0.2, 0.25) is 0 Å². The van der Waals surface area contributed by atoms with Gasteiger partial charge in [-0.1, -0.05) is 29.3 Å². The number of benzene rings is 2. The molecule has 3 aromatic rings. The number of nitrogens with two attached hydrogens (primary N) is 1. The lowest BCUT2D eigenvalue weighted by atomic mass is 9.95. The summed E-state index contributed by atoms with van der Waals surface area (Å²) in [6.07, 6.45) is 4.32. The van der Waals surface area contributed by atoms with Crippen LogP contribution in [-0.2, 0) is 17.6 Å². The topological polar surface area (TPSA) is 123 Å². The molecule has 4 N–H and O–H groups in total. The van der Waals surface area contributed by atoms with Gasteiger partial charge in [-0.3, -0.25) is 14.4 Å². The van der Waals surface area contributed by atoms with Crippen molar-refractivity contribution in [2.24, 2.45) is 10.8 Å². The molecule has 0 spiro atoms. The number of halogens is 2. The van der Waals surface area contributed by atoms with Crippen molar-refractivity contribution in [3.8, 4) is 5.75 Å². The second-order valence-corrected chi connectivity index (χ2v) is 10.3. The highest BCUT2D eigenvalue weighted by Gasteiger charge is 2.25. The van der Waals surface area contributed by atoms with E-state index in [-0.39, 0.29) is 5.91 Å². The molecule has 0 radical (unpaired) electrons. The Kier molecular flexibility index (Phi) is 8.48. The number of ether oxygens (including phenoxy) is 1. The van der Waals surface area contributed by atoms with E-state index in [1.165, 1.54) is 17.6 Å². The molecule has 1 heterocycles. The van der Waals surface area contributed by atoms with Crippen LogP contribution < -0.4 is 21.2 Å². The first-order valence-electron chi connectivity index (χ1n) is 11.5. The molecule has 2 aromatic carbocycles. The van der Waals surface area contributed by atoms with Crippen molar-refractivity contribution in [3.05, 3.63) is 79.6 Å². The number of anilines is 1. The van der Waals surface area contributed by atoms with Crippen LogP contribution in [0.25, 0.3) is 0 Å². The Morgan fingerprint density at radius 3 is 2.51 bits per heavy atom. The van der Waals surface area contributed by atoms with Gasteiger partial charge in [0.25, 0.3) is 17.7 Å². The predicted octanol–water partition coefficient (Wildman–Crippen LogP) is 5.20. The van der Waals surface area contributed by atoms with Crippen molar-refractivity contribution in [2.75, 3.05) is 5.32 Å². The van der Waals surface area contributed by atoms with E-state index < -0.39 is 17.9 Å². The standard InChI is InChI=1S/C26H24Cl2N4O4S/c1-14(24(34)32-30-13-15-6-11-19(27)20(28)12-15)36-17-9-7-16(8-10-17)25(35)31-26-22(23(29)33)18-4-2-3-5-21(18)37-26/h6-14H,2-5H2,1H3,(H2,29,33)(H,31,35)(H,32,34)/b30-13+. The SMILES string of the molecule is CC(Oc1ccc(C(=O)Nc2sc3c(c2C(N)=O)CCCC3)cc1)C(=O)N/N=C/c1ccc(Cl)c(Cl)c1. The summed E-state index contributed by atoms with van der Waals surface area (Å²) in [5, 5.41) is 8.02. The number of nitrogens with zero attached hydrogens (tertiary/aromatic N) is 1. The number of fused-ring (bicyclic) bond motifs is 1. The van der Waals surface area contributed by atoms with Gasteiger partial charge in [-0.2, -0.15) is 5.10 Å². The van der Waals surface area contributed by atoms with Gasteiger partial charge in [-0.25, -0.2) is 5.43 Å². The van der Waals surface area contributed by atoms with Crippen LogP contribution in [0, 0.1) is 0 Å². The molecule has 0 saturated heterocycles. The molecule has 8 nitrogen and oxygen atoms in total. The number of carbonyl (C=O) groups is 3. The van der Waals surface area contributed by atoms with Crippen LogP contribution in [0.1, 0.15) is 56.5 Å². The molecule has 0 saturated carbocycles. The normalized spacial score (nSPS) is 13.6. The smallest absolute Gasteiger partial charge is 0.280 e. The van der Waals surface area contributed by atoms with Gasteiger partial charge in [0, 0.05) is 10.4 Å². The zero-order valence-electron chi connectivity index (χ0n) is 19.8. The van der Waals surface area contributed by atoms with E-state index in [0.29, 0.717) is 37.5 Å². The summed E-state index contributed by atoms with van der Waals surface area (Å²) in [5.41, 5.74) is 10.4. The molecule has 1 aromatic heterocycles. The summed E-state index contributed by atoms with van der Waals surface area (Å²) >= 11 is 13.3. The number of amides is 3. The molecule has 4 rings (SSSR count). The molecular weight excluding hydrogens is 535 g/mol. The van der Waals surface area contributed by atoms with Crippen LogP contribution in [0.3, 0.4) is 0 Å². The molecule has 0 aliphatic heterocycles. The average Bonchev–Trinajstić information content (AvgIpc) is 3.24. The van der Waals surface area contributed by atoms with Gasteiger partial charge >= 0.3 is 0 Å². The molecule has 1 atom stereocenters. The van der Waals surface area contributed by atoms with Crippen molar-refractivity contribution in [1.29, 1.82) is 0 Å². The highest BCUT2D eigenvalue weighted by atomic mass is 35.5. The Morgan fingerprint density at radius 2 is 1.81 bits per heavy atom. The maximum atomic E-state index is 12.8. The van der Waals surface area contributed by atoms with E-state index in [0.717, 1.165) is 36.1 Å². The van der Waals surface area contributed by atoms with Gasteiger partial charge in [0.15, 0.2) is 6.10 Å². The molecule has 3 amide bonds. The Bertz CT molecular complexity index is 1370. The number of hydrogen-bond acceptors (Lipinski definition) is 6. The van der Waals surface area contributed by atoms with E-state index >= 15 is 0 Å². The minimum atomic E-state index is -0.846. The van der Waals surface area contributed by atoms with Crippen LogP contribution in [-0.4, -0.2) is 30.0 Å². The number of thiophene rings is 1. The summed E-state index contributed by atoms with van der Waals surface area (Å²) < 4.78 is 5.66. The highest BCUT2D eigenvalue weighted by molar-refractivity contribution is 7.17. The molecular formula is C26H24Cl2N4O4S. The summed E-state index contributed by atoms with van der Waals surface area (Å²) in [6, 6.07) is 11.3. The number of carbonyl (C=O) groups excluding carboxylic acids is 3. The predicted molar refractivity (Wildman–Crippen MR) is 146 cm³/mol. The first kappa shape index (κ1) is 26.7. The largest absolute Gasteiger partial charge is 0.481 e. The summed E-state index contributed by atoms with van der Waals surface area (Å²) in [6.45, 7) is 1.58. The zero-order valence-corrected chi connectivity index (χ0v) is 22.2. The van der Waals surface area contributed by atoms with Gasteiger partial charge in [-0.15, -0.1) is 11.3 Å². The van der Waals surface area contributed by atoms with Crippen molar-refractivity contribution in [3.63, 3.8) is 0 Å². The second-order valence-electron chi connectivity index (χ2n) is 8.43. The minimum absolute atomic E-state index is 0.366. The lowest BCUT2D eigenvalue weighted by Gasteiger charge is -2.13. The van der Waals surface area contributed by atoms with E-state index in [1.807, 2.05) is 0 Å². The molecule has 1 aliphatic carbocycles. The molecule has 0 fully saturated rings. The quantitative estimate of drug-likeness (QED) is 0.259. The van der Waals surface area contributed by atoms with E-state index in [9.17, 15) is 14.4 Å². The van der Waals surface area contributed by atoms with Gasteiger partial charge in [0.05, 0.1) is 21.8 Å². The van der Waals surface area contributed by atoms with E-state index in [2.05, 4.69) is 15.8 Å². The number of rotatable bonds is 8. The minimum Gasteiger partial charge on any atom is -0.481 e. The fraction of sp³-hybridized carbons (Fsp3) is 0.231. The van der Waals surface area contributed by atoms with Crippen LogP contribution in [0.5, 0.6) is 5.75 Å². The molecule has 1 unspecified atom stereocenters. The first-order valence-corrected chi connectivity index (χ1v) is 13.1. The first-order chi connectivity index (χ1) is 17.7. The van der Waals surface area contributed by atoms with Crippen LogP contribution in [0.2, 0.25) is 10.0 Å². The van der Waals surface area contributed by atoms with Gasteiger partial charge in [-0.05, 0) is 80.1 Å². The van der Waals surface area contributed by atoms with Crippen molar-refractivity contribution < 1.29 is 19.1 Å². The fourth-order valence-electron chi connectivity index (χ4n) is 3.89. The number of hydrogen-bond donors (Lipinski definition) is 3. The lowest BCUT2D eigenvalue weighted by Crippen LogP contribution is -2.33. The Morgan fingerprint density at radius 1 is 1.08 bits per heavy atom. The molecule has 37 heavy (non-hydrogen) atoms. The summed E-state index contributed by atoms with van der Waals surface area (Å²) in [5.74, 6) is -0.960. The number of hydrazone groups is 1. The second kappa shape index (κ2) is 11.8. The maximum absolute atomic E-state index is 12.8. The summed E-state index contributed by atoms with van der Waals surface area (Å²) in [4.78, 5) is 38.3. The highest BCUT2D eigenvalue weighted by Crippen LogP contribution is 2.38. The van der Waals surface area contributed by atoms with E-state index in [1.54, 1.807) is 49.4 Å². The molecule has 0 bridgehead atoms. The van der Waals surface area contributed by atoms with Crippen LogP contribution in [0.4, 0.5) is 5.00 Å². The Labute approximate surface area is 227 Å². The Balaban J connectivity index is 1.34. The Hall–Kier alpha value is -3.40. The van der Waals surface area contributed by atoms with E-state index in [4.69, 9.17) is 33.7 Å². The molecule has 1 aliphatic rings. The maximum Gasteiger partial charge on any atom is 0.280 e. The number of primary amides is 1. The monoisotopic (exact) mass is 558 g/mol. The number of aryl methyl sites for hydroxylation is 1. The van der Waals surface area contributed by atoms with Gasteiger partial charge < -0.3 is 15.8 Å². The number of nitrogens with one attached hydrogen (secondary N) is 2. The van der Waals surface area contributed by atoms with Crippen LogP contribution in [0.15, 0.2) is 47.6 Å². The molecule has 192 valence electrons. The van der Waals surface area contributed by atoms with Crippen molar-refractivity contribution in [1.82, 2.24) is 5.43 Å². The van der Waals surface area contributed by atoms with Crippen molar-refractivity contribution in [2.45, 2.75) is 38.7 Å². The average molecular weight is 559 g/mol. The summed E-state index contributed by atoms with van der Waals surface area (Å²) in [7, 11) is 0. The third-order valence-corrected chi connectivity index (χ3v) is 7.72. The van der Waals surface area contributed by atoms with Crippen molar-refractivity contribution >= 4 is 63.5 Å². The lowest BCUT2D eigenvalue weighted by molar-refractivity contribution is -0.127. The molecule has 11 heteroatoms. The van der Waals surface area contributed by atoms with Crippen LogP contribution >= 0.6 is 34.5 Å². The fourth-order valence-corrected chi connectivity index (χ4v) is 5.48. The van der Waals surface area contributed by atoms with Gasteiger partial charge in [0.1, 0.15) is 10.8 Å². The third-order valence-electron chi connectivity index (χ3n) is 5.78.